The van der Waals surface area contributed by atoms with E-state index in [2.05, 4.69) is 55.3 Å². The summed E-state index contributed by atoms with van der Waals surface area (Å²) in [7, 11) is -3.04. The lowest BCUT2D eigenvalue weighted by Gasteiger charge is -2.39. The molecule has 5 heterocycles. The van der Waals surface area contributed by atoms with Crippen molar-refractivity contribution in [3.05, 3.63) is 77.4 Å². The van der Waals surface area contributed by atoms with Gasteiger partial charge in [0.25, 0.3) is 11.8 Å². The van der Waals surface area contributed by atoms with Crippen molar-refractivity contribution >= 4 is 43.1 Å². The van der Waals surface area contributed by atoms with Gasteiger partial charge in [-0.3, -0.25) is 19.3 Å². The molecule has 3 amide bonds. The molecule has 5 aliphatic rings. The van der Waals surface area contributed by atoms with Crippen LogP contribution in [0.5, 0.6) is 0 Å². The molecule has 0 bridgehead atoms. The zero-order valence-corrected chi connectivity index (χ0v) is 35.1. The zero-order chi connectivity index (χ0) is 40.0. The van der Waals surface area contributed by atoms with Crippen molar-refractivity contribution in [3.63, 3.8) is 0 Å². The molecule has 4 saturated heterocycles. The molecule has 0 saturated carbocycles. The fourth-order valence-corrected chi connectivity index (χ4v) is 12.9. The molecule has 11 nitrogen and oxygen atoms in total. The molecule has 0 unspecified atom stereocenters. The van der Waals surface area contributed by atoms with E-state index in [1.165, 1.54) is 11.1 Å². The summed E-state index contributed by atoms with van der Waals surface area (Å²) in [5.41, 5.74) is 2.97. The van der Waals surface area contributed by atoms with Crippen molar-refractivity contribution in [2.75, 3.05) is 54.2 Å². The number of nitrogens with zero attached hydrogens (tertiary/aromatic N) is 4. The van der Waals surface area contributed by atoms with Crippen LogP contribution in [0, 0.1) is 5.92 Å². The zero-order valence-electron chi connectivity index (χ0n) is 34.1. The largest absolute Gasteiger partial charge is 0.432 e. The molecule has 12 heteroatoms. The molecule has 2 spiro atoms. The van der Waals surface area contributed by atoms with Crippen LogP contribution in [0.2, 0.25) is 18.6 Å². The smallest absolute Gasteiger partial charge is 0.264 e. The molecular formula is C44H61N5O6Si. The van der Waals surface area contributed by atoms with Crippen LogP contribution in [0.3, 0.4) is 0 Å². The highest BCUT2D eigenvalue weighted by Crippen LogP contribution is 2.60. The first-order valence-electron chi connectivity index (χ1n) is 20.6. The first-order valence-corrected chi connectivity index (χ1v) is 23.7. The number of para-hydroxylation sites is 1. The number of hydrogen-bond donors (Lipinski definition) is 3. The summed E-state index contributed by atoms with van der Waals surface area (Å²) in [6.45, 7) is 14.7. The first-order chi connectivity index (χ1) is 26.7. The Morgan fingerprint density at radius 2 is 1.75 bits per heavy atom. The Morgan fingerprint density at radius 1 is 1.02 bits per heavy atom. The minimum Gasteiger partial charge on any atom is -0.432 e. The van der Waals surface area contributed by atoms with Crippen molar-refractivity contribution in [2.45, 2.75) is 115 Å². The number of nitrogens with one attached hydrogen (secondary N) is 1. The third-order valence-electron chi connectivity index (χ3n) is 13.2. The maximum atomic E-state index is 15.2. The topological polar surface area (TPSA) is 126 Å². The molecule has 7 rings (SSSR count). The number of ether oxygens (including phenoxy) is 1. The average Bonchev–Trinajstić information content (AvgIpc) is 3.90. The fourth-order valence-electron chi connectivity index (χ4n) is 10.4. The monoisotopic (exact) mass is 783 g/mol. The summed E-state index contributed by atoms with van der Waals surface area (Å²) in [4.78, 5) is 63.4. The standard InChI is InChI=1S/C44H61N5O6Si/c1-30(2)12-10-13-31(3)19-25-47-37-18-17-34(48-29-49(33-14-8-7-9-15-33)43(41(48)52)20-22-45-23-21-43)26-36(37)44(42(47)53)32(4)40(56(5,6)54)38(55-44)27-39(51)46-24-11-16-35(46)28-50/h7-9,12,14-15,17-19,26,32,35,38,40,45,50,54H,10-11,13,16,20-25,27-29H2,1-6H3/b31-19+/t32-,35+,38+,40-,44+/m1/s1. The van der Waals surface area contributed by atoms with Gasteiger partial charge < -0.3 is 34.7 Å². The molecule has 2 aromatic carbocycles. The highest BCUT2D eigenvalue weighted by atomic mass is 28.4. The Balaban J connectivity index is 1.29. The van der Waals surface area contributed by atoms with Crippen molar-refractivity contribution < 1.29 is 29.0 Å². The predicted molar refractivity (Wildman–Crippen MR) is 223 cm³/mol. The van der Waals surface area contributed by atoms with Crippen molar-refractivity contribution in [3.8, 4) is 0 Å². The Bertz CT molecular complexity index is 1870. The third kappa shape index (κ3) is 7.06. The lowest BCUT2D eigenvalue weighted by atomic mass is 9.82. The number of likely N-dealkylation sites (tertiary alicyclic amines) is 1. The average molecular weight is 784 g/mol. The van der Waals surface area contributed by atoms with Crippen molar-refractivity contribution in [1.82, 2.24) is 10.2 Å². The molecule has 0 aliphatic carbocycles. The van der Waals surface area contributed by atoms with E-state index in [1.54, 1.807) is 9.80 Å². The summed E-state index contributed by atoms with van der Waals surface area (Å²) < 4.78 is 7.10. The van der Waals surface area contributed by atoms with E-state index >= 15 is 4.79 Å². The molecule has 3 N–H and O–H groups in total. The van der Waals surface area contributed by atoms with Gasteiger partial charge in [-0.1, -0.05) is 48.4 Å². The number of aliphatic hydroxyl groups is 1. The van der Waals surface area contributed by atoms with Gasteiger partial charge in [-0.15, -0.1) is 0 Å². The molecular weight excluding hydrogens is 723 g/mol. The van der Waals surface area contributed by atoms with E-state index < -0.39 is 37.0 Å². The molecule has 0 aromatic heterocycles. The molecule has 5 aliphatic heterocycles. The molecule has 2 aromatic rings. The van der Waals surface area contributed by atoms with Gasteiger partial charge in [-0.2, -0.15) is 0 Å². The summed E-state index contributed by atoms with van der Waals surface area (Å²) in [6.07, 6.45) is 8.38. The maximum absolute atomic E-state index is 15.2. The van der Waals surface area contributed by atoms with E-state index in [0.717, 1.165) is 50.1 Å². The summed E-state index contributed by atoms with van der Waals surface area (Å²) in [5.74, 6) is -0.741. The van der Waals surface area contributed by atoms with Crippen molar-refractivity contribution in [1.29, 1.82) is 0 Å². The van der Waals surface area contributed by atoms with Crippen molar-refractivity contribution in [2.24, 2.45) is 5.92 Å². The van der Waals surface area contributed by atoms with E-state index in [9.17, 15) is 19.5 Å². The van der Waals surface area contributed by atoms with Gasteiger partial charge in [0, 0.05) is 41.5 Å². The van der Waals surface area contributed by atoms with Crippen LogP contribution in [-0.4, -0.2) is 98.0 Å². The minimum atomic E-state index is -3.04. The van der Waals surface area contributed by atoms with Gasteiger partial charge in [-0.25, -0.2) is 0 Å². The number of carbonyl (C=O) groups is 3. The van der Waals surface area contributed by atoms with Crippen LogP contribution >= 0.6 is 0 Å². The Hall–Kier alpha value is -3.81. The van der Waals surface area contributed by atoms with E-state index in [0.29, 0.717) is 43.9 Å². The number of allylic oxidation sites excluding steroid dienone is 3. The van der Waals surface area contributed by atoms with Crippen LogP contribution in [0.25, 0.3) is 0 Å². The van der Waals surface area contributed by atoms with Gasteiger partial charge in [0.2, 0.25) is 5.91 Å². The number of anilines is 3. The third-order valence-corrected chi connectivity index (χ3v) is 15.7. The molecule has 0 radical (unpaired) electrons. The van der Waals surface area contributed by atoms with Crippen LogP contribution in [-0.2, 0) is 24.7 Å². The second kappa shape index (κ2) is 15.9. The second-order valence-electron chi connectivity index (χ2n) is 17.5. The predicted octanol–water partition coefficient (Wildman–Crippen LogP) is 5.83. The minimum absolute atomic E-state index is 0.0170. The first kappa shape index (κ1) is 40.4. The number of fused-ring (bicyclic) bond motifs is 2. The summed E-state index contributed by atoms with van der Waals surface area (Å²) in [5, 5.41) is 13.5. The van der Waals surface area contributed by atoms with E-state index in [4.69, 9.17) is 4.74 Å². The normalized spacial score (nSPS) is 27.6. The van der Waals surface area contributed by atoms with Gasteiger partial charge in [0.15, 0.2) is 13.9 Å². The number of hydrogen-bond acceptors (Lipinski definition) is 8. The Labute approximate surface area is 333 Å². The van der Waals surface area contributed by atoms with Gasteiger partial charge in [0.05, 0.1) is 37.5 Å². The Kier molecular flexibility index (Phi) is 11.4. The number of benzene rings is 2. The number of carbonyl (C=O) groups excluding carboxylic acids is 3. The highest BCUT2D eigenvalue weighted by molar-refractivity contribution is 6.71. The van der Waals surface area contributed by atoms with Crippen LogP contribution in [0.1, 0.15) is 78.2 Å². The molecule has 302 valence electrons. The second-order valence-corrected chi connectivity index (χ2v) is 21.5. The van der Waals surface area contributed by atoms with Crippen LogP contribution in [0.4, 0.5) is 17.1 Å². The number of rotatable bonds is 11. The molecule has 4 fully saturated rings. The quantitative estimate of drug-likeness (QED) is 0.192. The number of amides is 3. The lowest BCUT2D eigenvalue weighted by molar-refractivity contribution is -0.149. The van der Waals surface area contributed by atoms with E-state index in [-0.39, 0.29) is 36.8 Å². The maximum Gasteiger partial charge on any atom is 0.264 e. The Morgan fingerprint density at radius 3 is 2.43 bits per heavy atom. The van der Waals surface area contributed by atoms with E-state index in [1.807, 2.05) is 61.3 Å². The fraction of sp³-hybridized carbons (Fsp3) is 0.568. The summed E-state index contributed by atoms with van der Waals surface area (Å²) in [6, 6.07) is 15.8. The number of piperidine rings is 1. The summed E-state index contributed by atoms with van der Waals surface area (Å²) >= 11 is 0. The van der Waals surface area contributed by atoms with Gasteiger partial charge in [0.1, 0.15) is 5.54 Å². The highest BCUT2D eigenvalue weighted by Gasteiger charge is 2.67. The number of aliphatic hydroxyl groups excluding tert-OH is 1. The van der Waals surface area contributed by atoms with Gasteiger partial charge >= 0.3 is 0 Å². The van der Waals surface area contributed by atoms with Crippen LogP contribution in [0.15, 0.2) is 71.8 Å². The lowest BCUT2D eigenvalue weighted by Crippen LogP contribution is -2.55. The molecule has 56 heavy (non-hydrogen) atoms. The molecule has 5 atom stereocenters. The van der Waals surface area contributed by atoms with Gasteiger partial charge in [-0.05, 0) is 116 Å². The SMILES string of the molecule is CC(C)=CCC/C(C)=C/CN1C(=O)[C@@]2(O[C@@H](CC(=O)N3CCC[C@H]3CO)[C@H]([Si](C)(C)O)[C@H]2C)c2cc(N3CN(c4ccccc4)C4(CCNCC4)C3=O)ccc21. The van der Waals surface area contributed by atoms with Crippen LogP contribution < -0.4 is 20.0 Å².